The van der Waals surface area contributed by atoms with Crippen LogP contribution in [-0.2, 0) is 6.42 Å². The van der Waals surface area contributed by atoms with Crippen molar-refractivity contribution in [2.24, 2.45) is 0 Å². The van der Waals surface area contributed by atoms with Crippen molar-refractivity contribution in [2.45, 2.75) is 12.5 Å². The van der Waals surface area contributed by atoms with Crippen LogP contribution in [0, 0.1) is 0 Å². The molecule has 1 aliphatic rings. The molecule has 4 heteroatoms. The maximum absolute atomic E-state index is 5.38. The van der Waals surface area contributed by atoms with E-state index >= 15 is 0 Å². The smallest absolute Gasteiger partial charge is 0.153 e. The zero-order valence-electron chi connectivity index (χ0n) is 12.4. The van der Waals surface area contributed by atoms with Crippen molar-refractivity contribution in [3.05, 3.63) is 63.8 Å². The highest BCUT2D eigenvalue weighted by Gasteiger charge is 2.28. The summed E-state index contributed by atoms with van der Waals surface area (Å²) in [7, 11) is 1.72. The van der Waals surface area contributed by atoms with Gasteiger partial charge in [0.05, 0.1) is 19.3 Å². The van der Waals surface area contributed by atoms with Gasteiger partial charge in [0.2, 0.25) is 0 Å². The quantitative estimate of drug-likeness (QED) is 0.726. The standard InChI is InChI=1S/C18H17BrN2O/c1-22-13-6-7-16-15(10-13)14-8-9-20-17(18(14)21-16)11-2-4-12(19)5-3-11/h2-7,10,17,20-21H,8-9H2,1H3/p+1/t17-/m1/s1. The fourth-order valence-electron chi connectivity index (χ4n) is 3.39. The maximum Gasteiger partial charge on any atom is 0.153 e. The van der Waals surface area contributed by atoms with Gasteiger partial charge in [-0.3, -0.25) is 0 Å². The second-order valence-electron chi connectivity index (χ2n) is 5.73. The summed E-state index contributed by atoms with van der Waals surface area (Å²) >= 11 is 3.51. The number of nitrogens with two attached hydrogens (primary N) is 1. The molecule has 3 nitrogen and oxygen atoms in total. The number of hydrogen-bond donors (Lipinski definition) is 2. The molecule has 4 rings (SSSR count). The van der Waals surface area contributed by atoms with E-state index in [4.69, 9.17) is 4.74 Å². The average Bonchev–Trinajstić information content (AvgIpc) is 2.93. The van der Waals surface area contributed by atoms with Gasteiger partial charge in [-0.1, -0.05) is 28.1 Å². The van der Waals surface area contributed by atoms with E-state index in [0.717, 1.165) is 23.2 Å². The first kappa shape index (κ1) is 13.9. The van der Waals surface area contributed by atoms with Crippen molar-refractivity contribution in [1.82, 2.24) is 4.98 Å². The predicted molar refractivity (Wildman–Crippen MR) is 91.3 cm³/mol. The Morgan fingerprint density at radius 3 is 2.77 bits per heavy atom. The molecule has 3 aromatic rings. The minimum absolute atomic E-state index is 0.343. The van der Waals surface area contributed by atoms with Crippen molar-refractivity contribution < 1.29 is 10.1 Å². The lowest BCUT2D eigenvalue weighted by Gasteiger charge is -2.21. The van der Waals surface area contributed by atoms with E-state index < -0.39 is 0 Å². The highest BCUT2D eigenvalue weighted by Crippen LogP contribution is 2.32. The van der Waals surface area contributed by atoms with Crippen molar-refractivity contribution in [2.75, 3.05) is 13.7 Å². The summed E-state index contributed by atoms with van der Waals surface area (Å²) in [6.07, 6.45) is 1.09. The van der Waals surface area contributed by atoms with Crippen molar-refractivity contribution in [3.63, 3.8) is 0 Å². The number of halogens is 1. The van der Waals surface area contributed by atoms with Gasteiger partial charge in [-0.15, -0.1) is 0 Å². The molecule has 0 bridgehead atoms. The molecule has 0 fully saturated rings. The number of quaternary nitrogens is 1. The first-order valence-corrected chi connectivity index (χ1v) is 8.33. The Balaban J connectivity index is 1.85. The van der Waals surface area contributed by atoms with Crippen molar-refractivity contribution in [1.29, 1.82) is 0 Å². The maximum atomic E-state index is 5.38. The molecule has 112 valence electrons. The Morgan fingerprint density at radius 2 is 2.00 bits per heavy atom. The molecule has 0 aliphatic carbocycles. The van der Waals surface area contributed by atoms with Gasteiger partial charge in [0.25, 0.3) is 0 Å². The Bertz CT molecular complexity index is 823. The van der Waals surface area contributed by atoms with E-state index in [1.54, 1.807) is 7.11 Å². The predicted octanol–water partition coefficient (Wildman–Crippen LogP) is 3.15. The molecule has 2 aromatic carbocycles. The molecule has 0 spiro atoms. The Labute approximate surface area is 137 Å². The number of methoxy groups -OCH3 is 1. The van der Waals surface area contributed by atoms with Gasteiger partial charge in [-0.2, -0.15) is 0 Å². The Morgan fingerprint density at radius 1 is 1.18 bits per heavy atom. The summed E-state index contributed by atoms with van der Waals surface area (Å²) in [5.41, 5.74) is 5.30. The molecule has 1 aliphatic heterocycles. The lowest BCUT2D eigenvalue weighted by atomic mass is 9.94. The second-order valence-corrected chi connectivity index (χ2v) is 6.65. The van der Waals surface area contributed by atoms with Gasteiger partial charge in [0.15, 0.2) is 6.04 Å². The van der Waals surface area contributed by atoms with Crippen LogP contribution in [0.25, 0.3) is 10.9 Å². The molecule has 2 heterocycles. The summed E-state index contributed by atoms with van der Waals surface area (Å²) in [4.78, 5) is 3.63. The van der Waals surface area contributed by atoms with Gasteiger partial charge in [0, 0.05) is 27.4 Å². The summed E-state index contributed by atoms with van der Waals surface area (Å²) in [6.45, 7) is 1.11. The van der Waals surface area contributed by atoms with E-state index in [9.17, 15) is 0 Å². The molecule has 0 radical (unpaired) electrons. The number of rotatable bonds is 2. The lowest BCUT2D eigenvalue weighted by molar-refractivity contribution is -0.690. The number of benzene rings is 2. The van der Waals surface area contributed by atoms with Gasteiger partial charge >= 0.3 is 0 Å². The van der Waals surface area contributed by atoms with Crippen molar-refractivity contribution in [3.8, 4) is 5.75 Å². The zero-order valence-corrected chi connectivity index (χ0v) is 14.0. The number of nitrogens with one attached hydrogen (secondary N) is 1. The van der Waals surface area contributed by atoms with Crippen LogP contribution < -0.4 is 10.1 Å². The van der Waals surface area contributed by atoms with Crippen LogP contribution in [0.3, 0.4) is 0 Å². The van der Waals surface area contributed by atoms with Crippen LogP contribution in [0.1, 0.15) is 22.9 Å². The fraction of sp³-hybridized carbons (Fsp3) is 0.222. The highest BCUT2D eigenvalue weighted by atomic mass is 79.9. The number of fused-ring (bicyclic) bond motifs is 3. The zero-order chi connectivity index (χ0) is 15.1. The van der Waals surface area contributed by atoms with Crippen LogP contribution in [0.4, 0.5) is 0 Å². The lowest BCUT2D eigenvalue weighted by Crippen LogP contribution is -2.87. The Hall–Kier alpha value is -1.78. The molecule has 0 unspecified atom stereocenters. The third-order valence-electron chi connectivity index (χ3n) is 4.48. The molecular weight excluding hydrogens is 340 g/mol. The fourth-order valence-corrected chi connectivity index (χ4v) is 3.66. The summed E-state index contributed by atoms with van der Waals surface area (Å²) in [5.74, 6) is 0.920. The van der Waals surface area contributed by atoms with Gasteiger partial charge in [-0.05, 0) is 35.9 Å². The van der Waals surface area contributed by atoms with Gasteiger partial charge in [0.1, 0.15) is 5.75 Å². The molecule has 0 saturated carbocycles. The third kappa shape index (κ3) is 2.23. The van der Waals surface area contributed by atoms with Crippen LogP contribution in [0.5, 0.6) is 5.75 Å². The SMILES string of the molecule is COc1ccc2[nH]c3c(c2c1)CC[NH2+][C@@H]3c1ccc(Br)cc1. The third-order valence-corrected chi connectivity index (χ3v) is 5.01. The van der Waals surface area contributed by atoms with E-state index in [2.05, 4.69) is 62.6 Å². The Kier molecular flexibility index (Phi) is 3.43. The van der Waals surface area contributed by atoms with Gasteiger partial charge in [-0.25, -0.2) is 0 Å². The van der Waals surface area contributed by atoms with Gasteiger partial charge < -0.3 is 15.0 Å². The van der Waals surface area contributed by atoms with E-state index in [-0.39, 0.29) is 0 Å². The molecule has 0 saturated heterocycles. The monoisotopic (exact) mass is 357 g/mol. The molecule has 3 N–H and O–H groups in total. The van der Waals surface area contributed by atoms with E-state index in [0.29, 0.717) is 6.04 Å². The van der Waals surface area contributed by atoms with Crippen LogP contribution in [-0.4, -0.2) is 18.6 Å². The molecule has 22 heavy (non-hydrogen) atoms. The summed E-state index contributed by atoms with van der Waals surface area (Å²) in [5, 5.41) is 3.71. The molecule has 1 atom stereocenters. The van der Waals surface area contributed by atoms with E-state index in [1.165, 1.54) is 27.7 Å². The number of hydrogen-bond acceptors (Lipinski definition) is 1. The number of H-pyrrole nitrogens is 1. The van der Waals surface area contributed by atoms with E-state index in [1.807, 2.05) is 6.07 Å². The topological polar surface area (TPSA) is 41.6 Å². The molecular formula is C18H18BrN2O+. The minimum Gasteiger partial charge on any atom is -0.497 e. The second kappa shape index (κ2) is 5.45. The summed E-state index contributed by atoms with van der Waals surface area (Å²) < 4.78 is 6.50. The summed E-state index contributed by atoms with van der Waals surface area (Å²) in [6, 6.07) is 15.3. The van der Waals surface area contributed by atoms with Crippen LogP contribution in [0.15, 0.2) is 46.9 Å². The number of aromatic amines is 1. The number of ether oxygens (including phenoxy) is 1. The average molecular weight is 358 g/mol. The minimum atomic E-state index is 0.343. The van der Waals surface area contributed by atoms with Crippen LogP contribution >= 0.6 is 15.9 Å². The molecule has 1 aromatic heterocycles. The number of aromatic nitrogens is 1. The van der Waals surface area contributed by atoms with Crippen molar-refractivity contribution >= 4 is 26.8 Å². The molecule has 0 amide bonds. The first-order chi connectivity index (χ1) is 10.8. The largest absolute Gasteiger partial charge is 0.497 e. The first-order valence-electron chi connectivity index (χ1n) is 7.53. The van der Waals surface area contributed by atoms with Crippen LogP contribution in [0.2, 0.25) is 0 Å². The highest BCUT2D eigenvalue weighted by molar-refractivity contribution is 9.10. The normalized spacial score (nSPS) is 17.5.